The van der Waals surface area contributed by atoms with Crippen molar-refractivity contribution in [2.45, 2.75) is 18.9 Å². The zero-order valence-electron chi connectivity index (χ0n) is 15.5. The first kappa shape index (κ1) is 17.2. The summed E-state index contributed by atoms with van der Waals surface area (Å²) in [5.74, 6) is 0. The van der Waals surface area contributed by atoms with Crippen molar-refractivity contribution in [3.8, 4) is 0 Å². The first-order valence-electron chi connectivity index (χ1n) is 9.15. The fraction of sp³-hybridized carbons (Fsp3) is 0.120. The van der Waals surface area contributed by atoms with Crippen molar-refractivity contribution in [2.75, 3.05) is 0 Å². The number of rotatable bonds is 1. The van der Waals surface area contributed by atoms with Gasteiger partial charge in [0.2, 0.25) is 0 Å². The summed E-state index contributed by atoms with van der Waals surface area (Å²) in [4.78, 5) is 9.20. The number of fused-ring (bicyclic) bond motifs is 4. The predicted molar refractivity (Wildman–Crippen MR) is 114 cm³/mol. The van der Waals surface area contributed by atoms with Crippen molar-refractivity contribution in [1.82, 2.24) is 4.98 Å². The van der Waals surface area contributed by atoms with E-state index in [-0.39, 0.29) is 0 Å². The standard InChI is InChI=1S/C25H22N2/c1-4-10-19-20-12-6-7-13-22(20)25(21(19)5-2)18(3)11-8-15-26-17-24-23(25)14-9-16-27-24/h4-16H,1,3,17H2,2H3/b11-8-,19-10-,21-5+,26-15?. The lowest BCUT2D eigenvalue weighted by Crippen LogP contribution is -2.30. The van der Waals surface area contributed by atoms with E-state index < -0.39 is 5.41 Å². The molecule has 27 heavy (non-hydrogen) atoms. The highest BCUT2D eigenvalue weighted by Gasteiger charge is 2.48. The quantitative estimate of drug-likeness (QED) is 0.658. The maximum Gasteiger partial charge on any atom is 0.0815 e. The summed E-state index contributed by atoms with van der Waals surface area (Å²) in [5.41, 5.74) is 7.51. The molecule has 1 aromatic carbocycles. The van der Waals surface area contributed by atoms with Gasteiger partial charge in [0.15, 0.2) is 0 Å². The van der Waals surface area contributed by atoms with E-state index in [1.165, 1.54) is 22.3 Å². The minimum Gasteiger partial charge on any atom is -0.287 e. The van der Waals surface area contributed by atoms with Crippen LogP contribution in [0.3, 0.4) is 0 Å². The molecule has 4 rings (SSSR count). The number of nitrogens with zero attached hydrogens (tertiary/aromatic N) is 2. The highest BCUT2D eigenvalue weighted by atomic mass is 14.8. The monoisotopic (exact) mass is 350 g/mol. The van der Waals surface area contributed by atoms with Crippen LogP contribution in [0.4, 0.5) is 0 Å². The van der Waals surface area contributed by atoms with E-state index in [0.717, 1.165) is 16.8 Å². The van der Waals surface area contributed by atoms with E-state index in [9.17, 15) is 0 Å². The average molecular weight is 350 g/mol. The summed E-state index contributed by atoms with van der Waals surface area (Å²) in [5, 5.41) is 0. The topological polar surface area (TPSA) is 25.2 Å². The van der Waals surface area contributed by atoms with Crippen LogP contribution in [-0.4, -0.2) is 11.2 Å². The van der Waals surface area contributed by atoms with Gasteiger partial charge in [0, 0.05) is 12.4 Å². The van der Waals surface area contributed by atoms with Gasteiger partial charge >= 0.3 is 0 Å². The number of pyridine rings is 1. The van der Waals surface area contributed by atoms with Gasteiger partial charge in [-0.1, -0.05) is 67.8 Å². The molecule has 0 saturated carbocycles. The first-order valence-corrected chi connectivity index (χ1v) is 9.15. The Morgan fingerprint density at radius 2 is 1.93 bits per heavy atom. The number of aromatic nitrogens is 1. The molecule has 1 aromatic heterocycles. The third-order valence-corrected chi connectivity index (χ3v) is 5.39. The van der Waals surface area contributed by atoms with Gasteiger partial charge in [0.05, 0.1) is 17.7 Å². The molecule has 0 fully saturated rings. The maximum absolute atomic E-state index is 4.68. The van der Waals surface area contributed by atoms with Crippen molar-refractivity contribution < 1.29 is 0 Å². The highest BCUT2D eigenvalue weighted by Crippen LogP contribution is 2.57. The Balaban J connectivity index is 2.18. The van der Waals surface area contributed by atoms with Crippen molar-refractivity contribution in [3.05, 3.63) is 120 Å². The van der Waals surface area contributed by atoms with E-state index in [1.807, 2.05) is 30.6 Å². The lowest BCUT2D eigenvalue weighted by molar-refractivity contribution is 0.742. The zero-order valence-corrected chi connectivity index (χ0v) is 15.5. The van der Waals surface area contributed by atoms with Crippen LogP contribution in [0.2, 0.25) is 0 Å². The minimum atomic E-state index is -0.478. The summed E-state index contributed by atoms with van der Waals surface area (Å²) < 4.78 is 0. The van der Waals surface area contributed by atoms with Crippen molar-refractivity contribution in [2.24, 2.45) is 4.99 Å². The molecule has 0 amide bonds. The van der Waals surface area contributed by atoms with Crippen molar-refractivity contribution in [1.29, 1.82) is 0 Å². The summed E-state index contributed by atoms with van der Waals surface area (Å²) in [6.45, 7) is 11.1. The SMILES string of the molecule is C=C/C=C1\C(=C/C)C2(C(=C)/C=C\C=NCc3ncccc32)c2ccccc21. The van der Waals surface area contributed by atoms with E-state index in [0.29, 0.717) is 6.54 Å². The predicted octanol–water partition coefficient (Wildman–Crippen LogP) is 5.59. The molecule has 1 aliphatic heterocycles. The van der Waals surface area contributed by atoms with Crippen LogP contribution in [0.15, 0.2) is 102 Å². The van der Waals surface area contributed by atoms with Crippen LogP contribution in [0.1, 0.15) is 29.3 Å². The fourth-order valence-corrected chi connectivity index (χ4v) is 4.41. The molecule has 1 unspecified atom stereocenters. The van der Waals surface area contributed by atoms with Gasteiger partial charge in [0.25, 0.3) is 0 Å². The zero-order chi connectivity index (χ0) is 18.9. The molecule has 1 atom stereocenters. The molecule has 2 heteroatoms. The van der Waals surface area contributed by atoms with Crippen LogP contribution in [-0.2, 0) is 12.0 Å². The molecular formula is C25H22N2. The Morgan fingerprint density at radius 1 is 1.11 bits per heavy atom. The second-order valence-electron chi connectivity index (χ2n) is 6.69. The second kappa shape index (κ2) is 6.81. The third-order valence-electron chi connectivity index (χ3n) is 5.39. The molecule has 0 bridgehead atoms. The van der Waals surface area contributed by atoms with Gasteiger partial charge < -0.3 is 0 Å². The molecule has 1 spiro atoms. The Labute approximate surface area is 160 Å². The van der Waals surface area contributed by atoms with Crippen LogP contribution in [0.5, 0.6) is 0 Å². The largest absolute Gasteiger partial charge is 0.287 e. The van der Waals surface area contributed by atoms with Gasteiger partial charge in [-0.3, -0.25) is 9.98 Å². The smallest absolute Gasteiger partial charge is 0.0815 e. The number of hydrogen-bond acceptors (Lipinski definition) is 2. The Morgan fingerprint density at radius 3 is 2.74 bits per heavy atom. The van der Waals surface area contributed by atoms with Gasteiger partial charge in [-0.15, -0.1) is 0 Å². The molecule has 0 radical (unpaired) electrons. The van der Waals surface area contributed by atoms with Crippen molar-refractivity contribution in [3.63, 3.8) is 0 Å². The molecule has 132 valence electrons. The number of aliphatic imine (C=N–C) groups is 1. The van der Waals surface area contributed by atoms with Gasteiger partial charge in [-0.05, 0) is 52.5 Å². The minimum absolute atomic E-state index is 0.478. The summed E-state index contributed by atoms with van der Waals surface area (Å²) in [7, 11) is 0. The van der Waals surface area contributed by atoms with Gasteiger partial charge in [0.1, 0.15) is 0 Å². The van der Waals surface area contributed by atoms with Crippen molar-refractivity contribution >= 4 is 11.8 Å². The van der Waals surface area contributed by atoms with E-state index >= 15 is 0 Å². The van der Waals surface area contributed by atoms with Crippen LogP contribution in [0, 0.1) is 0 Å². The van der Waals surface area contributed by atoms with Crippen LogP contribution in [0.25, 0.3) is 5.57 Å². The molecule has 2 aromatic rings. The second-order valence-corrected chi connectivity index (χ2v) is 6.69. The van der Waals surface area contributed by atoms with Crippen LogP contribution >= 0.6 is 0 Å². The maximum atomic E-state index is 4.68. The van der Waals surface area contributed by atoms with Gasteiger partial charge in [-0.2, -0.15) is 0 Å². The average Bonchev–Trinajstić information content (AvgIpc) is 3.01. The van der Waals surface area contributed by atoms with E-state index in [2.05, 4.69) is 78.6 Å². The lowest BCUT2D eigenvalue weighted by Gasteiger charge is -2.35. The first-order chi connectivity index (χ1) is 13.2. The highest BCUT2D eigenvalue weighted by molar-refractivity contribution is 5.95. The van der Waals surface area contributed by atoms with Crippen LogP contribution < -0.4 is 0 Å². The number of allylic oxidation sites excluding steroid dienone is 8. The molecular weight excluding hydrogens is 328 g/mol. The van der Waals surface area contributed by atoms with Gasteiger partial charge in [-0.25, -0.2) is 0 Å². The summed E-state index contributed by atoms with van der Waals surface area (Å²) >= 11 is 0. The molecule has 2 aliphatic rings. The molecule has 0 N–H and O–H groups in total. The van der Waals surface area contributed by atoms with E-state index in [4.69, 9.17) is 0 Å². The van der Waals surface area contributed by atoms with E-state index in [1.54, 1.807) is 0 Å². The molecule has 2 nitrogen and oxygen atoms in total. The summed E-state index contributed by atoms with van der Waals surface area (Å²) in [6, 6.07) is 12.7. The fourth-order valence-electron chi connectivity index (χ4n) is 4.41. The molecule has 1 aliphatic carbocycles. The lowest BCUT2D eigenvalue weighted by atomic mass is 9.66. The number of benzene rings is 1. The summed E-state index contributed by atoms with van der Waals surface area (Å²) in [6.07, 6.45) is 13.9. The Kier molecular flexibility index (Phi) is 4.33. The third kappa shape index (κ3) is 2.41. The normalized spacial score (nSPS) is 25.0. The molecule has 0 saturated heterocycles. The number of hydrogen-bond donors (Lipinski definition) is 0. The molecule has 2 heterocycles. The Bertz CT molecular complexity index is 1050. The Hall–Kier alpha value is -3.26.